The van der Waals surface area contributed by atoms with Crippen molar-refractivity contribution in [1.82, 2.24) is 10.2 Å². The molecule has 0 aliphatic heterocycles. The third kappa shape index (κ3) is 5.77. The Bertz CT molecular complexity index is 817. The van der Waals surface area contributed by atoms with Crippen molar-refractivity contribution < 1.29 is 19.1 Å². The summed E-state index contributed by atoms with van der Waals surface area (Å²) in [5.74, 6) is -0.0600. The zero-order valence-electron chi connectivity index (χ0n) is 18.1. The minimum Gasteiger partial charge on any atom is -0.446 e. The van der Waals surface area contributed by atoms with E-state index >= 15 is 0 Å². The molecule has 2 unspecified atom stereocenters. The van der Waals surface area contributed by atoms with Crippen molar-refractivity contribution >= 4 is 17.9 Å². The molecule has 0 bridgehead atoms. The van der Waals surface area contributed by atoms with Crippen LogP contribution in [0.1, 0.15) is 73.7 Å². The lowest BCUT2D eigenvalue weighted by Crippen LogP contribution is -2.54. The van der Waals surface area contributed by atoms with Crippen LogP contribution in [-0.4, -0.2) is 41.5 Å². The monoisotopic (exact) mass is 427 g/mol. The number of carbonyl (C=O) groups is 3. The van der Waals surface area contributed by atoms with Gasteiger partial charge in [0.1, 0.15) is 6.10 Å². The Morgan fingerprint density at radius 1 is 1.03 bits per heavy atom. The van der Waals surface area contributed by atoms with Crippen LogP contribution in [0.5, 0.6) is 0 Å². The fraction of sp³-hybridized carbons (Fsp3) is 0.625. The molecule has 31 heavy (non-hydrogen) atoms. The van der Waals surface area contributed by atoms with Gasteiger partial charge < -0.3 is 20.7 Å². The number of nitrogens with two attached hydrogens (primary N) is 1. The highest BCUT2D eigenvalue weighted by atomic mass is 16.6. The van der Waals surface area contributed by atoms with Crippen molar-refractivity contribution in [3.63, 3.8) is 0 Å². The van der Waals surface area contributed by atoms with Crippen LogP contribution in [0.15, 0.2) is 24.3 Å². The molecule has 0 heterocycles. The minimum absolute atomic E-state index is 0.00637. The predicted octanol–water partition coefficient (Wildman–Crippen LogP) is 3.36. The van der Waals surface area contributed by atoms with Gasteiger partial charge in [0.15, 0.2) is 0 Å². The Balaban J connectivity index is 1.35. The van der Waals surface area contributed by atoms with Gasteiger partial charge in [0, 0.05) is 24.7 Å². The first-order valence-corrected chi connectivity index (χ1v) is 11.6. The van der Waals surface area contributed by atoms with Gasteiger partial charge in [-0.05, 0) is 75.0 Å². The molecule has 3 aliphatic carbocycles. The number of carbonyl (C=O) groups excluding carboxylic acids is 3. The molecule has 0 aromatic heterocycles. The topological polar surface area (TPSA) is 102 Å². The van der Waals surface area contributed by atoms with Gasteiger partial charge in [0.25, 0.3) is 0 Å². The summed E-state index contributed by atoms with van der Waals surface area (Å²) < 4.78 is 5.57. The summed E-state index contributed by atoms with van der Waals surface area (Å²) in [5, 5.41) is 2.94. The van der Waals surface area contributed by atoms with Crippen LogP contribution in [0.25, 0.3) is 0 Å². The summed E-state index contributed by atoms with van der Waals surface area (Å²) in [6.07, 6.45) is 8.76. The van der Waals surface area contributed by atoms with Crippen molar-refractivity contribution in [2.24, 2.45) is 17.6 Å². The third-order valence-electron chi connectivity index (χ3n) is 6.79. The van der Waals surface area contributed by atoms with Gasteiger partial charge in [-0.1, -0.05) is 18.6 Å². The van der Waals surface area contributed by atoms with E-state index < -0.39 is 12.0 Å². The van der Waals surface area contributed by atoms with E-state index in [2.05, 4.69) is 5.32 Å². The van der Waals surface area contributed by atoms with Crippen molar-refractivity contribution in [2.45, 2.75) is 76.5 Å². The number of benzene rings is 1. The number of nitrogens with one attached hydrogen (secondary N) is 1. The van der Waals surface area contributed by atoms with E-state index in [4.69, 9.17) is 10.5 Å². The van der Waals surface area contributed by atoms with Gasteiger partial charge in [0.05, 0.1) is 5.92 Å². The molecule has 0 saturated heterocycles. The molecule has 0 spiro atoms. The lowest BCUT2D eigenvalue weighted by molar-refractivity contribution is -0.140. The zero-order chi connectivity index (χ0) is 21.8. The number of ether oxygens (including phenoxy) is 1. The molecule has 0 radical (unpaired) electrons. The number of rotatable bonds is 8. The molecule has 3 fully saturated rings. The van der Waals surface area contributed by atoms with E-state index in [1.54, 1.807) is 18.2 Å². The Kier molecular flexibility index (Phi) is 6.78. The summed E-state index contributed by atoms with van der Waals surface area (Å²) in [5.41, 5.74) is 6.75. The predicted molar refractivity (Wildman–Crippen MR) is 116 cm³/mol. The number of alkyl carbamates (subject to hydrolysis) is 1. The first kappa shape index (κ1) is 21.7. The standard InChI is InChI=1S/C24H33N3O4/c25-22(28)18-6-4-5-17(13-18)15-27(14-16-9-10-16)23(29)20-11-12-21(20)26-24(30)31-19-7-2-1-3-8-19/h4-6,13,16,19-21H,1-3,7-12,14-15H2,(H2,25,28)(H,26,30). The lowest BCUT2D eigenvalue weighted by Gasteiger charge is -2.39. The quantitative estimate of drug-likeness (QED) is 0.664. The minimum atomic E-state index is -0.471. The smallest absolute Gasteiger partial charge is 0.407 e. The van der Waals surface area contributed by atoms with E-state index in [0.717, 1.165) is 63.5 Å². The van der Waals surface area contributed by atoms with Crippen LogP contribution >= 0.6 is 0 Å². The summed E-state index contributed by atoms with van der Waals surface area (Å²) in [7, 11) is 0. The van der Waals surface area contributed by atoms with Crippen LogP contribution in [-0.2, 0) is 16.1 Å². The molecule has 4 rings (SSSR count). The maximum absolute atomic E-state index is 13.3. The average molecular weight is 428 g/mol. The Morgan fingerprint density at radius 3 is 2.45 bits per heavy atom. The summed E-state index contributed by atoms with van der Waals surface area (Å²) >= 11 is 0. The number of hydrogen-bond acceptors (Lipinski definition) is 4. The molecule has 3 N–H and O–H groups in total. The first-order chi connectivity index (χ1) is 15.0. The second-order valence-corrected chi connectivity index (χ2v) is 9.33. The normalized spacial score (nSPS) is 23.5. The molecular weight excluding hydrogens is 394 g/mol. The maximum atomic E-state index is 13.3. The van der Waals surface area contributed by atoms with Gasteiger partial charge >= 0.3 is 6.09 Å². The molecule has 1 aromatic carbocycles. The van der Waals surface area contributed by atoms with E-state index in [0.29, 0.717) is 18.0 Å². The molecular formula is C24H33N3O4. The summed E-state index contributed by atoms with van der Waals surface area (Å²) in [6.45, 7) is 1.17. The fourth-order valence-electron chi connectivity index (χ4n) is 4.61. The number of primary amides is 1. The molecule has 2 atom stereocenters. The van der Waals surface area contributed by atoms with Crippen molar-refractivity contribution in [1.29, 1.82) is 0 Å². The van der Waals surface area contributed by atoms with E-state index in [1.165, 1.54) is 6.42 Å². The van der Waals surface area contributed by atoms with Crippen LogP contribution < -0.4 is 11.1 Å². The summed E-state index contributed by atoms with van der Waals surface area (Å²) in [6, 6.07) is 6.99. The second-order valence-electron chi connectivity index (χ2n) is 9.33. The third-order valence-corrected chi connectivity index (χ3v) is 6.79. The number of amides is 3. The molecule has 168 valence electrons. The second kappa shape index (κ2) is 9.71. The highest BCUT2D eigenvalue weighted by molar-refractivity contribution is 5.92. The largest absolute Gasteiger partial charge is 0.446 e. The zero-order valence-corrected chi connectivity index (χ0v) is 18.1. The van der Waals surface area contributed by atoms with Crippen molar-refractivity contribution in [2.75, 3.05) is 6.54 Å². The van der Waals surface area contributed by atoms with Gasteiger partial charge in [-0.3, -0.25) is 9.59 Å². The van der Waals surface area contributed by atoms with Gasteiger partial charge in [-0.15, -0.1) is 0 Å². The first-order valence-electron chi connectivity index (χ1n) is 11.6. The molecule has 7 heteroatoms. The summed E-state index contributed by atoms with van der Waals surface area (Å²) in [4.78, 5) is 39.1. The molecule has 1 aromatic rings. The molecule has 3 saturated carbocycles. The Labute approximate surface area is 183 Å². The van der Waals surface area contributed by atoms with Gasteiger partial charge in [0.2, 0.25) is 11.8 Å². The van der Waals surface area contributed by atoms with Crippen LogP contribution in [0, 0.1) is 11.8 Å². The Morgan fingerprint density at radius 2 is 1.81 bits per heavy atom. The average Bonchev–Trinajstić information content (AvgIpc) is 3.56. The fourth-order valence-corrected chi connectivity index (χ4v) is 4.61. The Hall–Kier alpha value is -2.57. The van der Waals surface area contributed by atoms with Crippen molar-refractivity contribution in [3.05, 3.63) is 35.4 Å². The highest BCUT2D eigenvalue weighted by Gasteiger charge is 2.41. The number of nitrogens with zero attached hydrogens (tertiary/aromatic N) is 1. The van der Waals surface area contributed by atoms with Crippen LogP contribution in [0.4, 0.5) is 4.79 Å². The van der Waals surface area contributed by atoms with Gasteiger partial charge in [-0.2, -0.15) is 0 Å². The molecule has 3 aliphatic rings. The number of hydrogen-bond donors (Lipinski definition) is 2. The van der Waals surface area contributed by atoms with E-state index in [1.807, 2.05) is 11.0 Å². The highest BCUT2D eigenvalue weighted by Crippen LogP contribution is 2.34. The SMILES string of the molecule is NC(=O)c1cccc(CN(CC2CC2)C(=O)C2CCC2NC(=O)OC2CCCCC2)c1. The van der Waals surface area contributed by atoms with Crippen LogP contribution in [0.2, 0.25) is 0 Å². The maximum Gasteiger partial charge on any atom is 0.407 e. The molecule has 3 amide bonds. The van der Waals surface area contributed by atoms with E-state index in [-0.39, 0.29) is 24.0 Å². The van der Waals surface area contributed by atoms with Crippen molar-refractivity contribution in [3.8, 4) is 0 Å². The van der Waals surface area contributed by atoms with Crippen LogP contribution in [0.3, 0.4) is 0 Å². The molecule has 7 nitrogen and oxygen atoms in total. The van der Waals surface area contributed by atoms with Gasteiger partial charge in [-0.25, -0.2) is 4.79 Å². The lowest BCUT2D eigenvalue weighted by atomic mass is 9.78. The van der Waals surface area contributed by atoms with E-state index in [9.17, 15) is 14.4 Å².